The molecule has 0 aliphatic rings. The van der Waals surface area contributed by atoms with Crippen molar-refractivity contribution < 1.29 is 23.9 Å². The first kappa shape index (κ1) is 18.6. The van der Waals surface area contributed by atoms with Crippen molar-refractivity contribution >= 4 is 34.3 Å². The van der Waals surface area contributed by atoms with Crippen molar-refractivity contribution in [2.45, 2.75) is 20.3 Å². The number of thiazole rings is 1. The topological polar surface area (TPSA) is 94.6 Å². The van der Waals surface area contributed by atoms with Crippen LogP contribution in [-0.2, 0) is 25.5 Å². The number of nitrogens with one attached hydrogen (secondary N) is 1. The molecule has 0 fully saturated rings. The summed E-state index contributed by atoms with van der Waals surface area (Å²) in [5, 5.41) is 4.51. The number of aryl methyl sites for hydroxylation is 1. The molecule has 0 radical (unpaired) electrons. The molecule has 1 amide bonds. The zero-order valence-corrected chi connectivity index (χ0v) is 14.7. The summed E-state index contributed by atoms with van der Waals surface area (Å²) in [7, 11) is 0. The van der Waals surface area contributed by atoms with Gasteiger partial charge in [0.05, 0.1) is 24.3 Å². The van der Waals surface area contributed by atoms with Gasteiger partial charge in [0.2, 0.25) is 0 Å². The molecule has 1 aromatic carbocycles. The number of carbonyl (C=O) groups excluding carboxylic acids is 3. The molecule has 2 rings (SSSR count). The number of nitrogens with zero attached hydrogens (tertiary/aromatic N) is 1. The first-order chi connectivity index (χ1) is 12.0. The lowest BCUT2D eigenvalue weighted by atomic mass is 10.1. The van der Waals surface area contributed by atoms with Gasteiger partial charge in [-0.1, -0.05) is 17.7 Å². The van der Waals surface area contributed by atoms with Gasteiger partial charge >= 0.3 is 11.9 Å². The zero-order valence-electron chi connectivity index (χ0n) is 13.9. The standard InChI is InChI=1S/C17H18N2O5S/c1-3-23-15(21)8-13-10-25-17(18-13)19-14(20)9-24-16(22)12-6-4-11(2)5-7-12/h4-7,10H,3,8-9H2,1-2H3,(H,18,19,20). The number of rotatable bonds is 7. The highest BCUT2D eigenvalue weighted by Crippen LogP contribution is 2.16. The van der Waals surface area contributed by atoms with Crippen LogP contribution in [0.5, 0.6) is 0 Å². The minimum Gasteiger partial charge on any atom is -0.466 e. The van der Waals surface area contributed by atoms with Gasteiger partial charge in [-0.2, -0.15) is 0 Å². The van der Waals surface area contributed by atoms with Crippen LogP contribution in [0, 0.1) is 6.92 Å². The molecule has 1 N–H and O–H groups in total. The van der Waals surface area contributed by atoms with Crippen molar-refractivity contribution in [3.63, 3.8) is 0 Å². The van der Waals surface area contributed by atoms with E-state index in [0.29, 0.717) is 23.0 Å². The Labute approximate surface area is 149 Å². The maximum absolute atomic E-state index is 11.8. The first-order valence-electron chi connectivity index (χ1n) is 7.61. The maximum atomic E-state index is 11.8. The molecule has 7 nitrogen and oxygen atoms in total. The number of carbonyl (C=O) groups is 3. The minimum absolute atomic E-state index is 0.0443. The van der Waals surface area contributed by atoms with Crippen LogP contribution >= 0.6 is 11.3 Å². The number of hydrogen-bond donors (Lipinski definition) is 1. The average Bonchev–Trinajstić information content (AvgIpc) is 3.00. The number of aromatic nitrogens is 1. The van der Waals surface area contributed by atoms with E-state index in [1.165, 1.54) is 11.3 Å². The van der Waals surface area contributed by atoms with Gasteiger partial charge in [0, 0.05) is 5.38 Å². The van der Waals surface area contributed by atoms with Gasteiger partial charge in [-0.3, -0.25) is 14.9 Å². The fraction of sp³-hybridized carbons (Fsp3) is 0.294. The van der Waals surface area contributed by atoms with E-state index >= 15 is 0 Å². The summed E-state index contributed by atoms with van der Waals surface area (Å²) in [6.45, 7) is 3.52. The Morgan fingerprint density at radius 1 is 1.16 bits per heavy atom. The van der Waals surface area contributed by atoms with E-state index in [1.807, 2.05) is 6.92 Å². The predicted molar refractivity (Wildman–Crippen MR) is 92.5 cm³/mol. The molecule has 0 saturated heterocycles. The van der Waals surface area contributed by atoms with E-state index in [-0.39, 0.29) is 12.4 Å². The number of amides is 1. The molecule has 0 saturated carbocycles. The summed E-state index contributed by atoms with van der Waals surface area (Å²) in [4.78, 5) is 39.1. The third-order valence-corrected chi connectivity index (χ3v) is 3.86. The molecule has 0 bridgehead atoms. The van der Waals surface area contributed by atoms with Crippen LogP contribution in [0.15, 0.2) is 29.6 Å². The Balaban J connectivity index is 1.80. The number of ether oxygens (including phenoxy) is 2. The lowest BCUT2D eigenvalue weighted by Crippen LogP contribution is -2.21. The highest BCUT2D eigenvalue weighted by molar-refractivity contribution is 7.13. The van der Waals surface area contributed by atoms with Crippen LogP contribution in [0.3, 0.4) is 0 Å². The van der Waals surface area contributed by atoms with Crippen LogP contribution in [0.4, 0.5) is 5.13 Å². The van der Waals surface area contributed by atoms with Crippen LogP contribution in [-0.4, -0.2) is 36.0 Å². The summed E-state index contributed by atoms with van der Waals surface area (Å²) >= 11 is 1.18. The van der Waals surface area contributed by atoms with Gasteiger partial charge in [0.1, 0.15) is 0 Å². The number of anilines is 1. The molecule has 0 aliphatic heterocycles. The predicted octanol–water partition coefficient (Wildman–Crippen LogP) is 2.35. The molecule has 1 heterocycles. The summed E-state index contributed by atoms with van der Waals surface area (Å²) < 4.78 is 9.79. The third-order valence-electron chi connectivity index (χ3n) is 3.05. The van der Waals surface area contributed by atoms with E-state index in [4.69, 9.17) is 9.47 Å². The Morgan fingerprint density at radius 2 is 1.88 bits per heavy atom. The fourth-order valence-electron chi connectivity index (χ4n) is 1.86. The van der Waals surface area contributed by atoms with Crippen LogP contribution < -0.4 is 5.32 Å². The molecule has 2 aromatic rings. The quantitative estimate of drug-likeness (QED) is 0.760. The third kappa shape index (κ3) is 6.00. The molecule has 1 aromatic heterocycles. The SMILES string of the molecule is CCOC(=O)Cc1csc(NC(=O)COC(=O)c2ccc(C)cc2)n1. The van der Waals surface area contributed by atoms with E-state index < -0.39 is 18.5 Å². The van der Waals surface area contributed by atoms with E-state index in [2.05, 4.69) is 10.3 Å². The minimum atomic E-state index is -0.572. The smallest absolute Gasteiger partial charge is 0.338 e. The Bertz CT molecular complexity index is 755. The second-order valence-electron chi connectivity index (χ2n) is 5.12. The monoisotopic (exact) mass is 362 g/mol. The molecule has 0 atom stereocenters. The van der Waals surface area contributed by atoms with E-state index in [0.717, 1.165) is 5.56 Å². The van der Waals surface area contributed by atoms with Gasteiger partial charge in [0.15, 0.2) is 11.7 Å². The van der Waals surface area contributed by atoms with Crippen molar-refractivity contribution in [3.8, 4) is 0 Å². The van der Waals surface area contributed by atoms with Crippen molar-refractivity contribution in [3.05, 3.63) is 46.5 Å². The summed E-state index contributed by atoms with van der Waals surface area (Å²) in [6.07, 6.45) is 0.0443. The first-order valence-corrected chi connectivity index (χ1v) is 8.49. The molecule has 8 heteroatoms. The Morgan fingerprint density at radius 3 is 2.56 bits per heavy atom. The largest absolute Gasteiger partial charge is 0.466 e. The average molecular weight is 362 g/mol. The lowest BCUT2D eigenvalue weighted by Gasteiger charge is -2.05. The van der Waals surface area contributed by atoms with Crippen molar-refractivity contribution in [1.82, 2.24) is 4.98 Å². The van der Waals surface area contributed by atoms with E-state index in [1.54, 1.807) is 36.6 Å². The van der Waals surface area contributed by atoms with Crippen LogP contribution in [0.25, 0.3) is 0 Å². The normalized spacial score (nSPS) is 10.2. The maximum Gasteiger partial charge on any atom is 0.338 e. The summed E-state index contributed by atoms with van der Waals surface area (Å²) in [6, 6.07) is 6.85. The van der Waals surface area contributed by atoms with Gasteiger partial charge in [-0.25, -0.2) is 9.78 Å². The van der Waals surface area contributed by atoms with Gasteiger partial charge < -0.3 is 9.47 Å². The molecular formula is C17H18N2O5S. The molecule has 132 valence electrons. The molecular weight excluding hydrogens is 344 g/mol. The molecule has 0 unspecified atom stereocenters. The second kappa shape index (κ2) is 8.93. The Kier molecular flexibility index (Phi) is 6.64. The van der Waals surface area contributed by atoms with Gasteiger partial charge in [-0.05, 0) is 26.0 Å². The van der Waals surface area contributed by atoms with Crippen molar-refractivity contribution in [2.24, 2.45) is 0 Å². The number of hydrogen-bond acceptors (Lipinski definition) is 7. The fourth-order valence-corrected chi connectivity index (χ4v) is 2.59. The van der Waals surface area contributed by atoms with Crippen molar-refractivity contribution in [2.75, 3.05) is 18.5 Å². The van der Waals surface area contributed by atoms with E-state index in [9.17, 15) is 14.4 Å². The zero-order chi connectivity index (χ0) is 18.2. The lowest BCUT2D eigenvalue weighted by molar-refractivity contribution is -0.142. The molecule has 0 spiro atoms. The van der Waals surface area contributed by atoms with Gasteiger partial charge in [0.25, 0.3) is 5.91 Å². The highest BCUT2D eigenvalue weighted by atomic mass is 32.1. The number of benzene rings is 1. The summed E-state index contributed by atoms with van der Waals surface area (Å²) in [5.41, 5.74) is 1.91. The second-order valence-corrected chi connectivity index (χ2v) is 5.97. The molecule has 0 aliphatic carbocycles. The number of esters is 2. The van der Waals surface area contributed by atoms with Crippen LogP contribution in [0.2, 0.25) is 0 Å². The summed E-state index contributed by atoms with van der Waals surface area (Å²) in [5.74, 6) is -1.45. The van der Waals surface area contributed by atoms with Crippen molar-refractivity contribution in [1.29, 1.82) is 0 Å². The Hall–Kier alpha value is -2.74. The van der Waals surface area contributed by atoms with Gasteiger partial charge in [-0.15, -0.1) is 11.3 Å². The highest BCUT2D eigenvalue weighted by Gasteiger charge is 2.13. The van der Waals surface area contributed by atoms with Crippen LogP contribution in [0.1, 0.15) is 28.5 Å². The molecule has 25 heavy (non-hydrogen) atoms.